The predicted molar refractivity (Wildman–Crippen MR) is 64.2 cm³/mol. The molecule has 0 bridgehead atoms. The maximum absolute atomic E-state index is 13.2. The van der Waals surface area contributed by atoms with Crippen LogP contribution in [-0.4, -0.2) is 17.8 Å². The van der Waals surface area contributed by atoms with E-state index in [0.717, 1.165) is 18.4 Å². The van der Waals surface area contributed by atoms with Gasteiger partial charge in [-0.25, -0.2) is 4.39 Å². The smallest absolute Gasteiger partial charge is 0.123 e. The number of aliphatic hydroxyl groups is 1. The van der Waals surface area contributed by atoms with E-state index in [4.69, 9.17) is 4.74 Å². The first-order valence-corrected chi connectivity index (χ1v) is 6.19. The van der Waals surface area contributed by atoms with Crippen LogP contribution in [0.2, 0.25) is 0 Å². The van der Waals surface area contributed by atoms with Gasteiger partial charge in [0.25, 0.3) is 0 Å². The van der Waals surface area contributed by atoms with Crippen molar-refractivity contribution in [1.82, 2.24) is 0 Å². The highest BCUT2D eigenvalue weighted by molar-refractivity contribution is 5.29. The number of ether oxygens (including phenoxy) is 1. The van der Waals surface area contributed by atoms with Gasteiger partial charge in [-0.3, -0.25) is 0 Å². The summed E-state index contributed by atoms with van der Waals surface area (Å²) in [7, 11) is 0. The maximum Gasteiger partial charge on any atom is 0.123 e. The quantitative estimate of drug-likeness (QED) is 0.854. The number of hydrogen-bond donors (Lipinski definition) is 1. The van der Waals surface area contributed by atoms with E-state index >= 15 is 0 Å². The standard InChI is InChI=1S/C14H19FO2/c1-3-17-14(10-5-6-10)13(16)12-8-11(15)7-4-9(12)2/h4,7-8,10,13-14,16H,3,5-6H2,1-2H3. The van der Waals surface area contributed by atoms with Gasteiger partial charge >= 0.3 is 0 Å². The van der Waals surface area contributed by atoms with Crippen molar-refractivity contribution < 1.29 is 14.2 Å². The zero-order chi connectivity index (χ0) is 12.4. The van der Waals surface area contributed by atoms with Crippen LogP contribution >= 0.6 is 0 Å². The summed E-state index contributed by atoms with van der Waals surface area (Å²) in [6, 6.07) is 4.52. The zero-order valence-corrected chi connectivity index (χ0v) is 10.3. The van der Waals surface area contributed by atoms with Gasteiger partial charge in [0.15, 0.2) is 0 Å². The molecule has 2 nitrogen and oxygen atoms in total. The summed E-state index contributed by atoms with van der Waals surface area (Å²) >= 11 is 0. The lowest BCUT2D eigenvalue weighted by atomic mass is 9.97. The Balaban J connectivity index is 2.21. The molecule has 17 heavy (non-hydrogen) atoms. The topological polar surface area (TPSA) is 29.5 Å². The van der Waals surface area contributed by atoms with Crippen molar-refractivity contribution in [3.63, 3.8) is 0 Å². The lowest BCUT2D eigenvalue weighted by molar-refractivity contribution is -0.0465. The Labute approximate surface area is 101 Å². The molecular weight excluding hydrogens is 219 g/mol. The van der Waals surface area contributed by atoms with Crippen LogP contribution in [0.5, 0.6) is 0 Å². The Kier molecular flexibility index (Phi) is 3.79. The molecule has 1 aliphatic rings. The molecule has 94 valence electrons. The Morgan fingerprint density at radius 1 is 1.47 bits per heavy atom. The van der Waals surface area contributed by atoms with Gasteiger partial charge < -0.3 is 9.84 Å². The summed E-state index contributed by atoms with van der Waals surface area (Å²) in [6.45, 7) is 4.38. The highest BCUT2D eigenvalue weighted by Gasteiger charge is 2.37. The summed E-state index contributed by atoms with van der Waals surface area (Å²) in [5, 5.41) is 10.3. The van der Waals surface area contributed by atoms with E-state index in [1.165, 1.54) is 12.1 Å². The molecule has 1 saturated carbocycles. The van der Waals surface area contributed by atoms with Gasteiger partial charge in [0.05, 0.1) is 6.10 Å². The number of benzene rings is 1. The summed E-state index contributed by atoms with van der Waals surface area (Å²) in [5.41, 5.74) is 1.56. The minimum Gasteiger partial charge on any atom is -0.386 e. The molecule has 1 fully saturated rings. The molecule has 0 spiro atoms. The van der Waals surface area contributed by atoms with Crippen LogP contribution in [0.15, 0.2) is 18.2 Å². The fourth-order valence-corrected chi connectivity index (χ4v) is 2.21. The fourth-order valence-electron chi connectivity index (χ4n) is 2.21. The molecule has 0 heterocycles. The first-order valence-electron chi connectivity index (χ1n) is 6.19. The lowest BCUT2D eigenvalue weighted by Gasteiger charge is -2.24. The first kappa shape index (κ1) is 12.5. The van der Waals surface area contributed by atoms with Crippen molar-refractivity contribution in [3.05, 3.63) is 35.1 Å². The SMILES string of the molecule is CCOC(C1CC1)C(O)c1cc(F)ccc1C. The van der Waals surface area contributed by atoms with E-state index in [1.807, 2.05) is 13.8 Å². The van der Waals surface area contributed by atoms with Crippen LogP contribution in [0.3, 0.4) is 0 Å². The fraction of sp³-hybridized carbons (Fsp3) is 0.571. The first-order chi connectivity index (χ1) is 8.13. The van der Waals surface area contributed by atoms with Crippen LogP contribution in [0.25, 0.3) is 0 Å². The molecule has 1 aromatic carbocycles. The molecule has 3 heteroatoms. The van der Waals surface area contributed by atoms with E-state index in [1.54, 1.807) is 6.07 Å². The van der Waals surface area contributed by atoms with Gasteiger partial charge in [0, 0.05) is 6.61 Å². The summed E-state index contributed by atoms with van der Waals surface area (Å²) in [6.07, 6.45) is 1.27. The monoisotopic (exact) mass is 238 g/mol. The molecule has 1 aliphatic carbocycles. The third-order valence-corrected chi connectivity index (χ3v) is 3.32. The molecule has 1 aromatic rings. The second-order valence-corrected chi connectivity index (χ2v) is 4.70. The average Bonchev–Trinajstić information content (AvgIpc) is 3.12. The Bertz CT molecular complexity index is 388. The number of hydrogen-bond acceptors (Lipinski definition) is 2. The Morgan fingerprint density at radius 3 is 2.76 bits per heavy atom. The Morgan fingerprint density at radius 2 is 2.18 bits per heavy atom. The Hall–Kier alpha value is -0.930. The predicted octanol–water partition coefficient (Wildman–Crippen LogP) is 2.98. The minimum absolute atomic E-state index is 0.194. The van der Waals surface area contributed by atoms with Crippen LogP contribution in [-0.2, 0) is 4.74 Å². The third kappa shape index (κ3) is 2.85. The molecule has 2 atom stereocenters. The summed E-state index contributed by atoms with van der Waals surface area (Å²) in [4.78, 5) is 0. The van der Waals surface area contributed by atoms with Crippen LogP contribution in [0, 0.1) is 18.7 Å². The number of aryl methyl sites for hydroxylation is 1. The van der Waals surface area contributed by atoms with Gasteiger partial charge in [0.1, 0.15) is 11.9 Å². The van der Waals surface area contributed by atoms with Crippen molar-refractivity contribution in [2.24, 2.45) is 5.92 Å². The molecule has 0 radical (unpaired) electrons. The molecule has 0 amide bonds. The van der Waals surface area contributed by atoms with Gasteiger partial charge in [0.2, 0.25) is 0 Å². The van der Waals surface area contributed by atoms with Gasteiger partial charge in [-0.05, 0) is 55.9 Å². The molecule has 0 aliphatic heterocycles. The van der Waals surface area contributed by atoms with Crippen molar-refractivity contribution in [3.8, 4) is 0 Å². The maximum atomic E-state index is 13.2. The van der Waals surface area contributed by atoms with E-state index in [9.17, 15) is 9.50 Å². The second-order valence-electron chi connectivity index (χ2n) is 4.70. The number of halogens is 1. The van der Waals surface area contributed by atoms with E-state index in [-0.39, 0.29) is 11.9 Å². The number of rotatable bonds is 5. The van der Waals surface area contributed by atoms with Gasteiger partial charge in [-0.15, -0.1) is 0 Å². The molecule has 0 saturated heterocycles. The number of aliphatic hydroxyl groups excluding tert-OH is 1. The van der Waals surface area contributed by atoms with E-state index in [2.05, 4.69) is 0 Å². The van der Waals surface area contributed by atoms with Gasteiger partial charge in [-0.1, -0.05) is 6.07 Å². The van der Waals surface area contributed by atoms with Crippen LogP contribution < -0.4 is 0 Å². The molecule has 0 aromatic heterocycles. The highest BCUT2D eigenvalue weighted by atomic mass is 19.1. The molecule has 2 rings (SSSR count). The average molecular weight is 238 g/mol. The minimum atomic E-state index is -0.724. The van der Waals surface area contributed by atoms with Crippen LogP contribution in [0.4, 0.5) is 4.39 Å². The highest BCUT2D eigenvalue weighted by Crippen LogP contribution is 2.40. The summed E-state index contributed by atoms with van der Waals surface area (Å²) < 4.78 is 18.8. The second kappa shape index (κ2) is 5.15. The summed E-state index contributed by atoms with van der Waals surface area (Å²) in [5.74, 6) is 0.114. The largest absolute Gasteiger partial charge is 0.386 e. The van der Waals surface area contributed by atoms with Crippen molar-refractivity contribution >= 4 is 0 Å². The van der Waals surface area contributed by atoms with Crippen LogP contribution in [0.1, 0.15) is 37.0 Å². The zero-order valence-electron chi connectivity index (χ0n) is 10.3. The van der Waals surface area contributed by atoms with Gasteiger partial charge in [-0.2, -0.15) is 0 Å². The van der Waals surface area contributed by atoms with Crippen molar-refractivity contribution in [2.45, 2.75) is 38.9 Å². The molecule has 2 unspecified atom stereocenters. The molecule has 1 N–H and O–H groups in total. The normalized spacial score (nSPS) is 19.1. The van der Waals surface area contributed by atoms with E-state index in [0.29, 0.717) is 18.1 Å². The van der Waals surface area contributed by atoms with Crippen molar-refractivity contribution in [2.75, 3.05) is 6.61 Å². The lowest BCUT2D eigenvalue weighted by Crippen LogP contribution is -2.25. The third-order valence-electron chi connectivity index (χ3n) is 3.32. The van der Waals surface area contributed by atoms with E-state index < -0.39 is 6.10 Å². The molecular formula is C14H19FO2. The van der Waals surface area contributed by atoms with Crippen molar-refractivity contribution in [1.29, 1.82) is 0 Å².